The topological polar surface area (TPSA) is 67.1 Å². The Bertz CT molecular complexity index is 1300. The first-order valence-electron chi connectivity index (χ1n) is 12.6. The van der Waals surface area contributed by atoms with Crippen molar-refractivity contribution in [3.05, 3.63) is 61.6 Å². The van der Waals surface area contributed by atoms with Gasteiger partial charge in [0, 0.05) is 34.7 Å². The van der Waals surface area contributed by atoms with Gasteiger partial charge in [-0.2, -0.15) is 0 Å². The van der Waals surface area contributed by atoms with E-state index in [1.807, 2.05) is 18.2 Å². The van der Waals surface area contributed by atoms with E-state index in [-0.39, 0.29) is 11.3 Å². The number of carbonyl (C=O) groups excluding carboxylic acids is 1. The van der Waals surface area contributed by atoms with Crippen molar-refractivity contribution in [3.63, 3.8) is 0 Å². The molecule has 6 nitrogen and oxygen atoms in total. The van der Waals surface area contributed by atoms with Gasteiger partial charge >= 0.3 is 0 Å². The number of thiophene rings is 1. The molecule has 1 atom stereocenters. The van der Waals surface area contributed by atoms with Gasteiger partial charge in [0.2, 0.25) is 5.88 Å². The summed E-state index contributed by atoms with van der Waals surface area (Å²) >= 11 is 11.3. The van der Waals surface area contributed by atoms with E-state index in [4.69, 9.17) is 25.7 Å². The third-order valence-electron chi connectivity index (χ3n) is 7.10. The third-order valence-corrected chi connectivity index (χ3v) is 9.08. The Morgan fingerprint density at radius 1 is 1.24 bits per heavy atom. The monoisotopic (exact) mass is 603 g/mol. The largest absolute Gasteiger partial charge is 0.438 e. The van der Waals surface area contributed by atoms with Gasteiger partial charge in [-0.15, -0.1) is 11.3 Å². The number of anilines is 2. The van der Waals surface area contributed by atoms with Crippen molar-refractivity contribution in [1.82, 2.24) is 0 Å². The fourth-order valence-corrected chi connectivity index (χ4v) is 6.86. The molecule has 1 saturated heterocycles. The number of aliphatic imine (C=N–C) groups is 1. The molecule has 0 bridgehead atoms. The predicted molar refractivity (Wildman–Crippen MR) is 155 cm³/mol. The van der Waals surface area contributed by atoms with Crippen LogP contribution < -0.4 is 10.2 Å². The molecule has 3 heterocycles. The van der Waals surface area contributed by atoms with E-state index in [2.05, 4.69) is 46.9 Å². The van der Waals surface area contributed by atoms with Crippen molar-refractivity contribution in [1.29, 1.82) is 0 Å². The smallest absolute Gasteiger partial charge is 0.259 e. The van der Waals surface area contributed by atoms with E-state index < -0.39 is 0 Å². The maximum atomic E-state index is 13.5. The highest BCUT2D eigenvalue weighted by Crippen LogP contribution is 2.45. The molecule has 37 heavy (non-hydrogen) atoms. The molecule has 1 fully saturated rings. The molecule has 1 aromatic carbocycles. The summed E-state index contributed by atoms with van der Waals surface area (Å²) in [5, 5.41) is 4.39. The Kier molecular flexibility index (Phi) is 7.82. The number of fused-ring (bicyclic) bond motifs is 1. The number of nitrogens with one attached hydrogen (secondary N) is 1. The Labute approximate surface area is 235 Å². The van der Waals surface area contributed by atoms with Gasteiger partial charge in [-0.05, 0) is 76.4 Å². The van der Waals surface area contributed by atoms with Crippen molar-refractivity contribution < 1.29 is 13.9 Å². The molecule has 0 unspecified atom stereocenters. The van der Waals surface area contributed by atoms with Crippen LogP contribution in [0.25, 0.3) is 0 Å². The van der Waals surface area contributed by atoms with Crippen molar-refractivity contribution in [2.45, 2.75) is 40.0 Å². The first kappa shape index (κ1) is 26.5. The van der Waals surface area contributed by atoms with Crippen LogP contribution >= 0.6 is 38.9 Å². The lowest BCUT2D eigenvalue weighted by Gasteiger charge is -2.33. The minimum Gasteiger partial charge on any atom is -0.438 e. The molecular formula is C28H31BrClN3O3S. The Balaban J connectivity index is 1.45. The second-order valence-corrected chi connectivity index (χ2v) is 13.0. The van der Waals surface area contributed by atoms with E-state index in [0.29, 0.717) is 46.2 Å². The first-order valence-corrected chi connectivity index (χ1v) is 14.6. The van der Waals surface area contributed by atoms with Crippen LogP contribution in [0.15, 0.2) is 44.2 Å². The number of hydrogen-bond acceptors (Lipinski definition) is 6. The van der Waals surface area contributed by atoms with Crippen LogP contribution in [0.5, 0.6) is 0 Å². The molecular weight excluding hydrogens is 574 g/mol. The fraction of sp³-hybridized carbons (Fsp3) is 0.429. The summed E-state index contributed by atoms with van der Waals surface area (Å²) in [6.45, 7) is 9.81. The summed E-state index contributed by atoms with van der Waals surface area (Å²) in [5.74, 6) is 1.84. The van der Waals surface area contributed by atoms with Gasteiger partial charge in [-0.25, -0.2) is 4.99 Å². The lowest BCUT2D eigenvalue weighted by Crippen LogP contribution is -2.36. The van der Waals surface area contributed by atoms with Crippen molar-refractivity contribution in [3.8, 4) is 0 Å². The van der Waals surface area contributed by atoms with Crippen LogP contribution in [0.3, 0.4) is 0 Å². The second-order valence-electron chi connectivity index (χ2n) is 10.6. The average Bonchev–Trinajstić information content (AvgIpc) is 3.43. The van der Waals surface area contributed by atoms with E-state index in [0.717, 1.165) is 48.3 Å². The number of amides is 1. The summed E-state index contributed by atoms with van der Waals surface area (Å²) < 4.78 is 12.5. The minimum absolute atomic E-state index is 0.143. The van der Waals surface area contributed by atoms with Crippen LogP contribution in [0.2, 0.25) is 5.02 Å². The van der Waals surface area contributed by atoms with E-state index in [9.17, 15) is 4.79 Å². The third kappa shape index (κ3) is 5.98. The maximum Gasteiger partial charge on any atom is 0.259 e. The highest BCUT2D eigenvalue weighted by Gasteiger charge is 2.33. The van der Waals surface area contributed by atoms with E-state index in [1.165, 1.54) is 4.88 Å². The van der Waals surface area contributed by atoms with Crippen LogP contribution in [0, 0.1) is 11.3 Å². The zero-order valence-corrected chi connectivity index (χ0v) is 24.4. The number of morpholine rings is 1. The highest BCUT2D eigenvalue weighted by molar-refractivity contribution is 9.10. The number of furan rings is 1. The summed E-state index contributed by atoms with van der Waals surface area (Å²) in [6.07, 6.45) is 4.62. The van der Waals surface area contributed by atoms with Crippen molar-refractivity contribution in [2.75, 3.05) is 36.5 Å². The molecule has 9 heteroatoms. The summed E-state index contributed by atoms with van der Waals surface area (Å²) in [5.41, 5.74) is 2.71. The van der Waals surface area contributed by atoms with Gasteiger partial charge in [-0.1, -0.05) is 32.4 Å². The molecule has 1 aliphatic carbocycles. The molecule has 1 aliphatic heterocycles. The standard InChI is InChI=1S/C28H31BrClN3O3S/c1-28(2,3)17-4-9-21-23(14-17)37-26(24(21)25(34)32-19-7-5-18(30)6-8-19)31-16-20-15-22(29)27(36-20)33-10-12-35-13-11-33/h5-8,15-17H,4,9-14H2,1-3H3,(H,32,34)/t17-/m0/s1. The maximum absolute atomic E-state index is 13.5. The average molecular weight is 605 g/mol. The van der Waals surface area contributed by atoms with Gasteiger partial charge < -0.3 is 19.4 Å². The molecule has 0 saturated carbocycles. The summed E-state index contributed by atoms with van der Waals surface area (Å²) in [6, 6.07) is 9.09. The molecule has 3 aromatic rings. The Hall–Kier alpha value is -2.13. The normalized spacial score (nSPS) is 18.3. The quantitative estimate of drug-likeness (QED) is 0.303. The van der Waals surface area contributed by atoms with Gasteiger partial charge in [0.15, 0.2) is 0 Å². The highest BCUT2D eigenvalue weighted by atomic mass is 79.9. The van der Waals surface area contributed by atoms with Crippen LogP contribution in [0.4, 0.5) is 16.6 Å². The van der Waals surface area contributed by atoms with Crippen LogP contribution in [-0.2, 0) is 17.6 Å². The lowest BCUT2D eigenvalue weighted by molar-refractivity contribution is 0.102. The number of ether oxygens (including phenoxy) is 1. The molecule has 1 amide bonds. The van der Waals surface area contributed by atoms with Crippen molar-refractivity contribution >= 4 is 67.6 Å². The second kappa shape index (κ2) is 10.9. The zero-order chi connectivity index (χ0) is 26.2. The van der Waals surface area contributed by atoms with Crippen LogP contribution in [0.1, 0.15) is 53.8 Å². The van der Waals surface area contributed by atoms with Crippen molar-refractivity contribution in [2.24, 2.45) is 16.3 Å². The van der Waals surface area contributed by atoms with Gasteiger partial charge in [-0.3, -0.25) is 4.79 Å². The number of hydrogen-bond donors (Lipinski definition) is 1. The fourth-order valence-electron chi connectivity index (χ4n) is 4.91. The number of benzene rings is 1. The molecule has 0 spiro atoms. The number of halogens is 2. The van der Waals surface area contributed by atoms with E-state index in [1.54, 1.807) is 29.7 Å². The van der Waals surface area contributed by atoms with Crippen LogP contribution in [-0.4, -0.2) is 38.4 Å². The molecule has 5 rings (SSSR count). The molecule has 0 radical (unpaired) electrons. The van der Waals surface area contributed by atoms with Gasteiger partial charge in [0.25, 0.3) is 5.91 Å². The number of carbonyl (C=O) groups is 1. The van der Waals surface area contributed by atoms with Gasteiger partial charge in [0.05, 0.1) is 29.5 Å². The Morgan fingerprint density at radius 3 is 2.68 bits per heavy atom. The molecule has 1 N–H and O–H groups in total. The summed E-state index contributed by atoms with van der Waals surface area (Å²) in [7, 11) is 0. The predicted octanol–water partition coefficient (Wildman–Crippen LogP) is 7.75. The molecule has 2 aromatic heterocycles. The lowest BCUT2D eigenvalue weighted by atomic mass is 9.72. The summed E-state index contributed by atoms with van der Waals surface area (Å²) in [4.78, 5) is 21.8. The molecule has 196 valence electrons. The zero-order valence-electron chi connectivity index (χ0n) is 21.3. The molecule has 2 aliphatic rings. The SMILES string of the molecule is CC(C)(C)[C@H]1CCc2c(sc(N=Cc3cc(Br)c(N4CCOCC4)o3)c2C(=O)Nc2ccc(Cl)cc2)C1. The number of nitrogens with zero attached hydrogens (tertiary/aromatic N) is 2. The Morgan fingerprint density at radius 2 is 1.97 bits per heavy atom. The minimum atomic E-state index is -0.143. The van der Waals surface area contributed by atoms with E-state index >= 15 is 0 Å². The first-order chi connectivity index (χ1) is 17.7. The van der Waals surface area contributed by atoms with Gasteiger partial charge in [0.1, 0.15) is 10.8 Å². The number of rotatable bonds is 5.